The normalized spacial score (nSPS) is 26.8. The summed E-state index contributed by atoms with van der Waals surface area (Å²) in [5.41, 5.74) is 0. The second-order valence-electron chi connectivity index (χ2n) is 4.58. The zero-order valence-corrected chi connectivity index (χ0v) is 10.1. The van der Waals surface area contributed by atoms with Gasteiger partial charge >= 0.3 is 0 Å². The van der Waals surface area contributed by atoms with Crippen LogP contribution < -0.4 is 5.32 Å². The number of β-amino-alcohol motifs (C(OH)–C–C–N with tert-alkyl or cyclic N) is 1. The molecule has 0 bridgehead atoms. The number of ether oxygens (including phenoxy) is 1. The Labute approximate surface area is 92.6 Å². The van der Waals surface area contributed by atoms with Crippen molar-refractivity contribution in [2.24, 2.45) is 0 Å². The van der Waals surface area contributed by atoms with Crippen LogP contribution in [0.2, 0.25) is 0 Å². The highest BCUT2D eigenvalue weighted by Crippen LogP contribution is 2.09. The van der Waals surface area contributed by atoms with Gasteiger partial charge in [-0.1, -0.05) is 0 Å². The molecule has 1 aliphatic heterocycles. The molecule has 4 heteroatoms. The van der Waals surface area contributed by atoms with E-state index in [1.165, 1.54) is 0 Å². The summed E-state index contributed by atoms with van der Waals surface area (Å²) in [5, 5.41) is 12.8. The average Bonchev–Trinajstić information content (AvgIpc) is 2.58. The number of aliphatic hydroxyl groups excluding tert-OH is 1. The number of hydrogen-bond donors (Lipinski definition) is 2. The van der Waals surface area contributed by atoms with Gasteiger partial charge in [-0.05, 0) is 20.3 Å². The Balaban J connectivity index is 2.30. The quantitative estimate of drug-likeness (QED) is 0.659. The molecule has 4 nitrogen and oxygen atoms in total. The maximum atomic E-state index is 9.42. The third kappa shape index (κ3) is 4.47. The fraction of sp³-hybridized carbons (Fsp3) is 1.00. The van der Waals surface area contributed by atoms with E-state index >= 15 is 0 Å². The lowest BCUT2D eigenvalue weighted by atomic mass is 10.1. The van der Waals surface area contributed by atoms with Crippen LogP contribution in [0, 0.1) is 0 Å². The third-order valence-electron chi connectivity index (χ3n) is 2.97. The first-order valence-electron chi connectivity index (χ1n) is 5.78. The second kappa shape index (κ2) is 6.43. The number of methoxy groups -OCH3 is 1. The van der Waals surface area contributed by atoms with Crippen molar-refractivity contribution in [1.82, 2.24) is 10.2 Å². The highest BCUT2D eigenvalue weighted by molar-refractivity contribution is 4.84. The number of nitrogens with zero attached hydrogens (tertiary/aromatic N) is 1. The van der Waals surface area contributed by atoms with Gasteiger partial charge in [0.1, 0.15) is 0 Å². The highest BCUT2D eigenvalue weighted by atomic mass is 16.5. The number of rotatable bonds is 6. The molecule has 2 atom stereocenters. The first kappa shape index (κ1) is 12.9. The molecule has 0 aromatic rings. The van der Waals surface area contributed by atoms with Crippen molar-refractivity contribution < 1.29 is 9.84 Å². The van der Waals surface area contributed by atoms with Crippen LogP contribution in [0.3, 0.4) is 0 Å². The Hall–Kier alpha value is -0.160. The maximum absolute atomic E-state index is 9.42. The lowest BCUT2D eigenvalue weighted by Crippen LogP contribution is -2.42. The van der Waals surface area contributed by atoms with Crippen molar-refractivity contribution in [3.8, 4) is 0 Å². The van der Waals surface area contributed by atoms with E-state index in [4.69, 9.17) is 4.74 Å². The topological polar surface area (TPSA) is 44.7 Å². The first-order valence-corrected chi connectivity index (χ1v) is 5.78. The zero-order valence-electron chi connectivity index (χ0n) is 10.1. The number of aliphatic hydroxyl groups is 1. The Morgan fingerprint density at radius 3 is 2.73 bits per heavy atom. The number of nitrogens with one attached hydrogen (secondary N) is 1. The third-order valence-corrected chi connectivity index (χ3v) is 2.97. The van der Waals surface area contributed by atoms with E-state index in [9.17, 15) is 5.11 Å². The van der Waals surface area contributed by atoms with Crippen molar-refractivity contribution in [2.45, 2.75) is 38.5 Å². The number of hydrogen-bond acceptors (Lipinski definition) is 4. The summed E-state index contributed by atoms with van der Waals surface area (Å²) in [5.74, 6) is 0. The van der Waals surface area contributed by atoms with Gasteiger partial charge in [0.25, 0.3) is 0 Å². The van der Waals surface area contributed by atoms with E-state index in [0.29, 0.717) is 12.1 Å². The summed E-state index contributed by atoms with van der Waals surface area (Å²) in [6, 6.07) is 0.957. The first-order chi connectivity index (χ1) is 7.13. The Kier molecular flexibility index (Phi) is 5.53. The monoisotopic (exact) mass is 216 g/mol. The van der Waals surface area contributed by atoms with Crippen molar-refractivity contribution in [2.75, 3.05) is 33.4 Å². The van der Waals surface area contributed by atoms with Crippen LogP contribution in [0.15, 0.2) is 0 Å². The fourth-order valence-corrected chi connectivity index (χ4v) is 1.99. The molecule has 2 unspecified atom stereocenters. The molecule has 1 fully saturated rings. The smallest absolute Gasteiger partial charge is 0.0680 e. The summed E-state index contributed by atoms with van der Waals surface area (Å²) in [6.07, 6.45) is 0.711. The molecule has 0 aromatic heterocycles. The minimum absolute atomic E-state index is 0.161. The Bertz CT molecular complexity index is 176. The average molecular weight is 216 g/mol. The fourth-order valence-electron chi connectivity index (χ4n) is 1.99. The van der Waals surface area contributed by atoms with Crippen LogP contribution in [0.25, 0.3) is 0 Å². The van der Waals surface area contributed by atoms with E-state index < -0.39 is 0 Å². The van der Waals surface area contributed by atoms with E-state index in [0.717, 1.165) is 32.7 Å². The van der Waals surface area contributed by atoms with Gasteiger partial charge < -0.3 is 15.2 Å². The highest BCUT2D eigenvalue weighted by Gasteiger charge is 2.24. The van der Waals surface area contributed by atoms with E-state index in [2.05, 4.69) is 24.1 Å². The van der Waals surface area contributed by atoms with Crippen molar-refractivity contribution in [1.29, 1.82) is 0 Å². The molecule has 0 radical (unpaired) electrons. The maximum Gasteiger partial charge on any atom is 0.0680 e. The molecule has 1 aliphatic rings. The molecule has 1 heterocycles. The summed E-state index contributed by atoms with van der Waals surface area (Å²) in [4.78, 5) is 2.39. The van der Waals surface area contributed by atoms with E-state index in [1.54, 1.807) is 7.11 Å². The molecule has 0 aromatic carbocycles. The van der Waals surface area contributed by atoms with E-state index in [-0.39, 0.29) is 6.10 Å². The summed E-state index contributed by atoms with van der Waals surface area (Å²) in [6.45, 7) is 7.86. The molecule has 0 spiro atoms. The van der Waals surface area contributed by atoms with Crippen molar-refractivity contribution in [3.05, 3.63) is 0 Å². The van der Waals surface area contributed by atoms with Gasteiger partial charge in [-0.2, -0.15) is 0 Å². The zero-order chi connectivity index (χ0) is 11.3. The molecule has 2 N–H and O–H groups in total. The Morgan fingerprint density at radius 2 is 2.27 bits per heavy atom. The minimum Gasteiger partial charge on any atom is -0.392 e. The lowest BCUT2D eigenvalue weighted by molar-refractivity contribution is 0.120. The summed E-state index contributed by atoms with van der Waals surface area (Å²) in [7, 11) is 1.73. The molecule has 0 amide bonds. The molecular weight excluding hydrogens is 192 g/mol. The van der Waals surface area contributed by atoms with Gasteiger partial charge in [0.2, 0.25) is 0 Å². The van der Waals surface area contributed by atoms with Crippen LogP contribution in [-0.4, -0.2) is 61.5 Å². The van der Waals surface area contributed by atoms with Crippen molar-refractivity contribution in [3.63, 3.8) is 0 Å². The predicted octanol–water partition coefficient (Wildman–Crippen LogP) is 0.0660. The molecule has 1 saturated heterocycles. The van der Waals surface area contributed by atoms with Crippen LogP contribution in [0.1, 0.15) is 20.3 Å². The van der Waals surface area contributed by atoms with Crippen molar-refractivity contribution >= 4 is 0 Å². The van der Waals surface area contributed by atoms with Gasteiger partial charge in [0.05, 0.1) is 12.7 Å². The SMILES string of the molecule is COCCN(CC1CC(O)CN1)C(C)C. The van der Waals surface area contributed by atoms with Crippen LogP contribution in [-0.2, 0) is 4.74 Å². The predicted molar refractivity (Wildman–Crippen MR) is 61.0 cm³/mol. The van der Waals surface area contributed by atoms with Gasteiger partial charge in [0.15, 0.2) is 0 Å². The molecule has 15 heavy (non-hydrogen) atoms. The van der Waals surface area contributed by atoms with Gasteiger partial charge in [-0.25, -0.2) is 0 Å². The second-order valence-corrected chi connectivity index (χ2v) is 4.58. The summed E-state index contributed by atoms with van der Waals surface area (Å²) < 4.78 is 5.10. The molecular formula is C11H24N2O2. The molecule has 1 rings (SSSR count). The van der Waals surface area contributed by atoms with Gasteiger partial charge in [-0.15, -0.1) is 0 Å². The Morgan fingerprint density at radius 1 is 1.53 bits per heavy atom. The van der Waals surface area contributed by atoms with Crippen LogP contribution in [0.5, 0.6) is 0 Å². The van der Waals surface area contributed by atoms with Gasteiger partial charge in [-0.3, -0.25) is 4.90 Å². The van der Waals surface area contributed by atoms with Gasteiger partial charge in [0, 0.05) is 38.8 Å². The lowest BCUT2D eigenvalue weighted by Gasteiger charge is -2.28. The van der Waals surface area contributed by atoms with E-state index in [1.807, 2.05) is 0 Å². The molecule has 0 aliphatic carbocycles. The van der Waals surface area contributed by atoms with Crippen LogP contribution >= 0.6 is 0 Å². The minimum atomic E-state index is -0.161. The van der Waals surface area contributed by atoms with Crippen LogP contribution in [0.4, 0.5) is 0 Å². The largest absolute Gasteiger partial charge is 0.392 e. The molecule has 90 valence electrons. The summed E-state index contributed by atoms with van der Waals surface area (Å²) >= 11 is 0. The standard InChI is InChI=1S/C11H24N2O2/c1-9(2)13(4-5-15-3)8-10-6-11(14)7-12-10/h9-12,14H,4-8H2,1-3H3. The molecule has 0 saturated carbocycles.